The van der Waals surface area contributed by atoms with Gasteiger partial charge in [-0.05, 0) is 24.1 Å². The van der Waals surface area contributed by atoms with Crippen molar-refractivity contribution in [3.05, 3.63) is 53.2 Å². The second-order valence-electron chi connectivity index (χ2n) is 4.35. The van der Waals surface area contributed by atoms with Gasteiger partial charge in [0.25, 0.3) is 0 Å². The lowest BCUT2D eigenvalue weighted by molar-refractivity contribution is 0.575. The second kappa shape index (κ2) is 4.46. The monoisotopic (exact) mass is 246 g/mol. The van der Waals surface area contributed by atoms with Gasteiger partial charge in [0.2, 0.25) is 0 Å². The van der Waals surface area contributed by atoms with Crippen LogP contribution in [0.5, 0.6) is 0 Å². The normalized spacial score (nSPS) is 14.3. The molecule has 0 fully saturated rings. The van der Waals surface area contributed by atoms with Crippen LogP contribution in [-0.4, -0.2) is 11.5 Å². The van der Waals surface area contributed by atoms with Crippen LogP contribution in [0, 0.1) is 11.6 Å². The van der Waals surface area contributed by atoms with Gasteiger partial charge in [-0.25, -0.2) is 8.78 Å². The van der Waals surface area contributed by atoms with E-state index in [1.807, 2.05) is 18.2 Å². The number of hydrogen-bond acceptors (Lipinski definition) is 2. The minimum atomic E-state index is -0.654. The molecule has 18 heavy (non-hydrogen) atoms. The lowest BCUT2D eigenvalue weighted by Crippen LogP contribution is -2.24. The molecular weight excluding hydrogens is 234 g/mol. The van der Waals surface area contributed by atoms with Crippen LogP contribution < -0.4 is 5.32 Å². The number of benzene rings is 1. The van der Waals surface area contributed by atoms with Crippen LogP contribution in [0.15, 0.2) is 30.5 Å². The Hall–Kier alpha value is -1.81. The maximum Gasteiger partial charge on any atom is 0.152 e. The van der Waals surface area contributed by atoms with Gasteiger partial charge in [0.05, 0.1) is 6.20 Å². The molecule has 0 saturated carbocycles. The van der Waals surface area contributed by atoms with Crippen molar-refractivity contribution in [3.8, 4) is 11.3 Å². The lowest BCUT2D eigenvalue weighted by Gasteiger charge is -2.20. The molecule has 1 N–H and O–H groups in total. The van der Waals surface area contributed by atoms with Crippen LogP contribution in [-0.2, 0) is 13.0 Å². The van der Waals surface area contributed by atoms with E-state index in [0.29, 0.717) is 6.54 Å². The minimum Gasteiger partial charge on any atom is -0.312 e. The molecular formula is C14H12F2N2. The summed E-state index contributed by atoms with van der Waals surface area (Å²) >= 11 is 0. The molecule has 2 heterocycles. The van der Waals surface area contributed by atoms with E-state index in [0.717, 1.165) is 36.4 Å². The average Bonchev–Trinajstić information content (AvgIpc) is 2.38. The Morgan fingerprint density at radius 2 is 2.11 bits per heavy atom. The van der Waals surface area contributed by atoms with Crippen molar-refractivity contribution in [1.82, 2.24) is 10.3 Å². The summed E-state index contributed by atoms with van der Waals surface area (Å²) in [6.45, 7) is 1.62. The SMILES string of the molecule is Fc1cnc(-c2cccc3c2CNCC3)c(F)c1. The van der Waals surface area contributed by atoms with Gasteiger partial charge >= 0.3 is 0 Å². The highest BCUT2D eigenvalue weighted by molar-refractivity contribution is 5.66. The molecule has 0 radical (unpaired) electrons. The molecule has 0 amide bonds. The zero-order valence-corrected chi connectivity index (χ0v) is 9.71. The Labute approximate surface area is 104 Å². The summed E-state index contributed by atoms with van der Waals surface area (Å²) in [5, 5.41) is 3.26. The van der Waals surface area contributed by atoms with E-state index in [1.165, 1.54) is 5.56 Å². The maximum absolute atomic E-state index is 13.8. The molecule has 92 valence electrons. The third kappa shape index (κ3) is 1.88. The quantitative estimate of drug-likeness (QED) is 0.836. The predicted molar refractivity (Wildman–Crippen MR) is 65.0 cm³/mol. The fraction of sp³-hybridized carbons (Fsp3) is 0.214. The summed E-state index contributed by atoms with van der Waals surface area (Å²) < 4.78 is 26.7. The molecule has 1 aromatic heterocycles. The first-order chi connectivity index (χ1) is 8.75. The highest BCUT2D eigenvalue weighted by atomic mass is 19.1. The number of nitrogens with zero attached hydrogens (tertiary/aromatic N) is 1. The van der Waals surface area contributed by atoms with E-state index >= 15 is 0 Å². The summed E-state index contributed by atoms with van der Waals surface area (Å²) in [6, 6.07) is 6.64. The van der Waals surface area contributed by atoms with Crippen molar-refractivity contribution >= 4 is 0 Å². The first kappa shape index (κ1) is 11.3. The molecule has 2 aromatic rings. The van der Waals surface area contributed by atoms with Crippen LogP contribution in [0.2, 0.25) is 0 Å². The van der Waals surface area contributed by atoms with Crippen molar-refractivity contribution in [3.63, 3.8) is 0 Å². The third-order valence-corrected chi connectivity index (χ3v) is 3.21. The van der Waals surface area contributed by atoms with Gasteiger partial charge in [-0.2, -0.15) is 0 Å². The zero-order valence-electron chi connectivity index (χ0n) is 9.71. The van der Waals surface area contributed by atoms with Crippen molar-refractivity contribution in [2.45, 2.75) is 13.0 Å². The number of fused-ring (bicyclic) bond motifs is 1. The molecule has 1 aliphatic rings. The highest BCUT2D eigenvalue weighted by Crippen LogP contribution is 2.28. The Balaban J connectivity index is 2.17. The van der Waals surface area contributed by atoms with E-state index in [4.69, 9.17) is 0 Å². The zero-order chi connectivity index (χ0) is 12.5. The molecule has 0 saturated heterocycles. The summed E-state index contributed by atoms with van der Waals surface area (Å²) in [5.74, 6) is -1.27. The summed E-state index contributed by atoms with van der Waals surface area (Å²) in [4.78, 5) is 3.88. The number of rotatable bonds is 1. The van der Waals surface area contributed by atoms with Gasteiger partial charge in [0, 0.05) is 18.2 Å². The molecule has 0 aliphatic carbocycles. The Morgan fingerprint density at radius 1 is 1.22 bits per heavy atom. The van der Waals surface area contributed by atoms with Gasteiger partial charge in [-0.1, -0.05) is 18.2 Å². The standard InChI is InChI=1S/C14H12F2N2/c15-10-6-13(16)14(18-7-10)11-3-1-2-9-4-5-17-8-12(9)11/h1-3,6-7,17H,4-5,8H2. The Bertz CT molecular complexity index is 596. The van der Waals surface area contributed by atoms with Crippen molar-refractivity contribution in [2.75, 3.05) is 6.54 Å². The molecule has 0 spiro atoms. The molecule has 0 bridgehead atoms. The first-order valence-corrected chi connectivity index (χ1v) is 5.88. The number of hydrogen-bond donors (Lipinski definition) is 1. The van der Waals surface area contributed by atoms with Crippen molar-refractivity contribution in [2.24, 2.45) is 0 Å². The number of nitrogens with one attached hydrogen (secondary N) is 1. The lowest BCUT2D eigenvalue weighted by atomic mass is 9.94. The summed E-state index contributed by atoms with van der Waals surface area (Å²) in [7, 11) is 0. The highest BCUT2D eigenvalue weighted by Gasteiger charge is 2.17. The summed E-state index contributed by atoms with van der Waals surface area (Å²) in [5.41, 5.74) is 3.23. The maximum atomic E-state index is 13.8. The Kier molecular flexibility index (Phi) is 2.80. The van der Waals surface area contributed by atoms with E-state index in [-0.39, 0.29) is 5.69 Å². The molecule has 4 heteroatoms. The van der Waals surface area contributed by atoms with Gasteiger partial charge < -0.3 is 5.32 Å². The number of pyridine rings is 1. The molecule has 1 aliphatic heterocycles. The fourth-order valence-corrected chi connectivity index (χ4v) is 2.35. The minimum absolute atomic E-state index is 0.219. The van der Waals surface area contributed by atoms with Gasteiger partial charge in [-0.15, -0.1) is 0 Å². The van der Waals surface area contributed by atoms with Gasteiger partial charge in [0.1, 0.15) is 11.5 Å². The molecule has 0 atom stereocenters. The Morgan fingerprint density at radius 3 is 2.94 bits per heavy atom. The predicted octanol–water partition coefficient (Wildman–Crippen LogP) is 2.67. The van der Waals surface area contributed by atoms with Crippen LogP contribution in [0.3, 0.4) is 0 Å². The number of halogens is 2. The van der Waals surface area contributed by atoms with Crippen molar-refractivity contribution in [1.29, 1.82) is 0 Å². The van der Waals surface area contributed by atoms with E-state index < -0.39 is 11.6 Å². The van der Waals surface area contributed by atoms with Crippen LogP contribution >= 0.6 is 0 Å². The second-order valence-corrected chi connectivity index (χ2v) is 4.35. The van der Waals surface area contributed by atoms with Crippen molar-refractivity contribution < 1.29 is 8.78 Å². The van der Waals surface area contributed by atoms with Gasteiger partial charge in [-0.3, -0.25) is 4.98 Å². The van der Waals surface area contributed by atoms with Gasteiger partial charge in [0.15, 0.2) is 5.82 Å². The summed E-state index contributed by atoms with van der Waals surface area (Å²) in [6.07, 6.45) is 1.97. The molecule has 3 rings (SSSR count). The van der Waals surface area contributed by atoms with Crippen LogP contribution in [0.25, 0.3) is 11.3 Å². The van der Waals surface area contributed by atoms with E-state index in [1.54, 1.807) is 0 Å². The molecule has 0 unspecified atom stereocenters. The van der Waals surface area contributed by atoms with E-state index in [9.17, 15) is 8.78 Å². The van der Waals surface area contributed by atoms with E-state index in [2.05, 4.69) is 10.3 Å². The number of aromatic nitrogens is 1. The average molecular weight is 246 g/mol. The third-order valence-electron chi connectivity index (χ3n) is 3.21. The topological polar surface area (TPSA) is 24.9 Å². The fourth-order valence-electron chi connectivity index (χ4n) is 2.35. The largest absolute Gasteiger partial charge is 0.312 e. The smallest absolute Gasteiger partial charge is 0.152 e. The molecule has 2 nitrogen and oxygen atoms in total. The van der Waals surface area contributed by atoms with Crippen LogP contribution in [0.1, 0.15) is 11.1 Å². The molecule has 1 aromatic carbocycles. The van der Waals surface area contributed by atoms with Crippen LogP contribution in [0.4, 0.5) is 8.78 Å². The first-order valence-electron chi connectivity index (χ1n) is 5.88.